The van der Waals surface area contributed by atoms with Gasteiger partial charge >= 0.3 is 0 Å². The highest BCUT2D eigenvalue weighted by atomic mass is 16.5. The van der Waals surface area contributed by atoms with Crippen LogP contribution in [-0.2, 0) is 0 Å². The van der Waals surface area contributed by atoms with E-state index in [-0.39, 0.29) is 18.6 Å². The van der Waals surface area contributed by atoms with Crippen LogP contribution in [0.3, 0.4) is 0 Å². The molecule has 0 radical (unpaired) electrons. The van der Waals surface area contributed by atoms with E-state index in [4.69, 9.17) is 4.74 Å². The molecule has 0 aromatic heterocycles. The zero-order valence-electron chi connectivity index (χ0n) is 14.9. The van der Waals surface area contributed by atoms with Crippen molar-refractivity contribution >= 4 is 0 Å². The molecule has 0 fully saturated rings. The van der Waals surface area contributed by atoms with Crippen LogP contribution in [0.4, 0.5) is 0 Å². The lowest BCUT2D eigenvalue weighted by atomic mass is 9.93. The molecule has 0 spiro atoms. The molecule has 3 heteroatoms. The average molecular weight is 307 g/mol. The van der Waals surface area contributed by atoms with Crippen molar-refractivity contribution in [3.8, 4) is 5.75 Å². The van der Waals surface area contributed by atoms with E-state index in [1.807, 2.05) is 0 Å². The van der Waals surface area contributed by atoms with E-state index in [1.165, 1.54) is 5.56 Å². The molecule has 126 valence electrons. The Bertz CT molecular complexity index is 398. The highest BCUT2D eigenvalue weighted by Gasteiger charge is 2.23. The lowest BCUT2D eigenvalue weighted by Crippen LogP contribution is -2.34. The second kappa shape index (κ2) is 9.86. The van der Waals surface area contributed by atoms with E-state index in [0.29, 0.717) is 5.92 Å². The SMILES string of the molecule is CCN(CC)C(c1ccc(OCCC(C)C)cc1)C(C)CO. The molecule has 0 saturated carbocycles. The Labute approximate surface area is 136 Å². The van der Waals surface area contributed by atoms with E-state index in [0.717, 1.165) is 31.9 Å². The van der Waals surface area contributed by atoms with Crippen molar-refractivity contribution in [1.82, 2.24) is 4.90 Å². The number of aliphatic hydroxyl groups excluding tert-OH is 1. The molecule has 0 aliphatic heterocycles. The predicted octanol–water partition coefficient (Wildman–Crippen LogP) is 4.12. The second-order valence-electron chi connectivity index (χ2n) is 6.43. The van der Waals surface area contributed by atoms with Crippen molar-refractivity contribution in [2.24, 2.45) is 11.8 Å². The molecule has 0 aliphatic rings. The first kappa shape index (κ1) is 19.0. The zero-order chi connectivity index (χ0) is 16.5. The van der Waals surface area contributed by atoms with Gasteiger partial charge in [0.2, 0.25) is 0 Å². The van der Waals surface area contributed by atoms with Gasteiger partial charge in [-0.3, -0.25) is 4.90 Å². The molecular weight excluding hydrogens is 274 g/mol. The van der Waals surface area contributed by atoms with Crippen LogP contribution in [-0.4, -0.2) is 36.3 Å². The van der Waals surface area contributed by atoms with Crippen molar-refractivity contribution in [3.05, 3.63) is 29.8 Å². The Kier molecular flexibility index (Phi) is 8.51. The number of nitrogens with zero attached hydrogens (tertiary/aromatic N) is 1. The standard InChI is InChI=1S/C19H33NO2/c1-6-20(7-2)19(16(5)14-21)17-8-10-18(11-9-17)22-13-12-15(3)4/h8-11,15-16,19,21H,6-7,12-14H2,1-5H3. The van der Waals surface area contributed by atoms with Crippen LogP contribution >= 0.6 is 0 Å². The van der Waals surface area contributed by atoms with Crippen molar-refractivity contribution in [2.45, 2.75) is 47.1 Å². The van der Waals surface area contributed by atoms with Gasteiger partial charge in [0.1, 0.15) is 5.75 Å². The van der Waals surface area contributed by atoms with Gasteiger partial charge in [-0.25, -0.2) is 0 Å². The predicted molar refractivity (Wildman–Crippen MR) is 93.3 cm³/mol. The molecule has 0 saturated heterocycles. The van der Waals surface area contributed by atoms with Crippen LogP contribution in [0, 0.1) is 11.8 Å². The first-order chi connectivity index (χ1) is 10.5. The molecule has 0 amide bonds. The Hall–Kier alpha value is -1.06. The van der Waals surface area contributed by atoms with E-state index in [1.54, 1.807) is 0 Å². The van der Waals surface area contributed by atoms with Crippen LogP contribution in [0.1, 0.15) is 52.6 Å². The molecule has 0 bridgehead atoms. The summed E-state index contributed by atoms with van der Waals surface area (Å²) in [5.41, 5.74) is 1.25. The maximum atomic E-state index is 9.58. The number of aliphatic hydroxyl groups is 1. The maximum absolute atomic E-state index is 9.58. The lowest BCUT2D eigenvalue weighted by molar-refractivity contribution is 0.114. The fourth-order valence-corrected chi connectivity index (χ4v) is 2.79. The molecule has 2 unspecified atom stereocenters. The Morgan fingerprint density at radius 1 is 1.05 bits per heavy atom. The fraction of sp³-hybridized carbons (Fsp3) is 0.684. The fourth-order valence-electron chi connectivity index (χ4n) is 2.79. The third-order valence-electron chi connectivity index (χ3n) is 4.22. The lowest BCUT2D eigenvalue weighted by Gasteiger charge is -2.34. The van der Waals surface area contributed by atoms with Crippen LogP contribution in [0.25, 0.3) is 0 Å². The van der Waals surface area contributed by atoms with Crippen molar-refractivity contribution in [2.75, 3.05) is 26.3 Å². The highest BCUT2D eigenvalue weighted by molar-refractivity contribution is 5.29. The Morgan fingerprint density at radius 2 is 1.64 bits per heavy atom. The topological polar surface area (TPSA) is 32.7 Å². The van der Waals surface area contributed by atoms with Gasteiger partial charge in [0.15, 0.2) is 0 Å². The molecule has 1 aromatic carbocycles. The number of ether oxygens (including phenoxy) is 1. The van der Waals surface area contributed by atoms with Gasteiger partial charge in [0.05, 0.1) is 6.61 Å². The smallest absolute Gasteiger partial charge is 0.119 e. The van der Waals surface area contributed by atoms with Crippen molar-refractivity contribution in [1.29, 1.82) is 0 Å². The van der Waals surface area contributed by atoms with Crippen molar-refractivity contribution in [3.63, 3.8) is 0 Å². The quantitative estimate of drug-likeness (QED) is 0.705. The summed E-state index contributed by atoms with van der Waals surface area (Å²) in [4.78, 5) is 2.40. The summed E-state index contributed by atoms with van der Waals surface area (Å²) in [5.74, 6) is 1.81. The summed E-state index contributed by atoms with van der Waals surface area (Å²) in [7, 11) is 0. The van der Waals surface area contributed by atoms with Gasteiger partial charge in [-0.2, -0.15) is 0 Å². The summed E-state index contributed by atoms with van der Waals surface area (Å²) in [6.07, 6.45) is 1.07. The van der Waals surface area contributed by atoms with Crippen LogP contribution in [0.5, 0.6) is 5.75 Å². The monoisotopic (exact) mass is 307 g/mol. The van der Waals surface area contributed by atoms with E-state index in [2.05, 4.69) is 63.8 Å². The molecular formula is C19H33NO2. The first-order valence-corrected chi connectivity index (χ1v) is 8.61. The van der Waals surface area contributed by atoms with Gasteiger partial charge in [-0.1, -0.05) is 46.8 Å². The first-order valence-electron chi connectivity index (χ1n) is 8.61. The minimum atomic E-state index is 0.202. The summed E-state index contributed by atoms with van der Waals surface area (Å²) in [6, 6.07) is 8.64. The third-order valence-corrected chi connectivity index (χ3v) is 4.22. The zero-order valence-corrected chi connectivity index (χ0v) is 14.9. The van der Waals surface area contributed by atoms with E-state index in [9.17, 15) is 5.11 Å². The molecule has 22 heavy (non-hydrogen) atoms. The van der Waals surface area contributed by atoms with Crippen molar-refractivity contribution < 1.29 is 9.84 Å². The molecule has 1 N–H and O–H groups in total. The van der Waals surface area contributed by atoms with E-state index >= 15 is 0 Å². The van der Waals surface area contributed by atoms with Gasteiger partial charge in [0, 0.05) is 12.6 Å². The second-order valence-corrected chi connectivity index (χ2v) is 6.43. The molecule has 0 heterocycles. The van der Waals surface area contributed by atoms with E-state index < -0.39 is 0 Å². The summed E-state index contributed by atoms with van der Waals surface area (Å²) in [5, 5.41) is 9.58. The largest absolute Gasteiger partial charge is 0.494 e. The summed E-state index contributed by atoms with van der Waals surface area (Å²) < 4.78 is 5.79. The van der Waals surface area contributed by atoms with Gasteiger partial charge in [-0.15, -0.1) is 0 Å². The van der Waals surface area contributed by atoms with Crippen LogP contribution in [0.2, 0.25) is 0 Å². The molecule has 2 atom stereocenters. The summed E-state index contributed by atoms with van der Waals surface area (Å²) in [6.45, 7) is 13.8. The molecule has 0 aliphatic carbocycles. The average Bonchev–Trinajstić information content (AvgIpc) is 2.52. The number of hydrogen-bond acceptors (Lipinski definition) is 3. The molecule has 3 nitrogen and oxygen atoms in total. The van der Waals surface area contributed by atoms with Crippen LogP contribution < -0.4 is 4.74 Å². The Morgan fingerprint density at radius 3 is 2.09 bits per heavy atom. The normalized spacial score (nSPS) is 14.4. The number of hydrogen-bond donors (Lipinski definition) is 1. The molecule has 1 rings (SSSR count). The number of rotatable bonds is 10. The maximum Gasteiger partial charge on any atom is 0.119 e. The van der Waals surface area contributed by atoms with Gasteiger partial charge < -0.3 is 9.84 Å². The van der Waals surface area contributed by atoms with Gasteiger partial charge in [0.25, 0.3) is 0 Å². The molecule has 1 aromatic rings. The Balaban J connectivity index is 2.79. The minimum absolute atomic E-state index is 0.202. The van der Waals surface area contributed by atoms with Gasteiger partial charge in [-0.05, 0) is 49.0 Å². The minimum Gasteiger partial charge on any atom is -0.494 e. The summed E-state index contributed by atoms with van der Waals surface area (Å²) >= 11 is 0. The number of benzene rings is 1. The highest BCUT2D eigenvalue weighted by Crippen LogP contribution is 2.29. The third kappa shape index (κ3) is 5.62. The van der Waals surface area contributed by atoms with Crippen LogP contribution in [0.15, 0.2) is 24.3 Å².